The predicted octanol–water partition coefficient (Wildman–Crippen LogP) is 1.79. The van der Waals surface area contributed by atoms with Gasteiger partial charge in [0, 0.05) is 50.7 Å². The van der Waals surface area contributed by atoms with Gasteiger partial charge in [0.05, 0.1) is 0 Å². The van der Waals surface area contributed by atoms with Gasteiger partial charge in [-0.3, -0.25) is 4.98 Å². The Morgan fingerprint density at radius 2 is 2.00 bits per heavy atom. The van der Waals surface area contributed by atoms with E-state index >= 15 is 0 Å². The van der Waals surface area contributed by atoms with Crippen LogP contribution in [0.5, 0.6) is 0 Å². The number of aliphatic hydroxyl groups excluding tert-OH is 1. The summed E-state index contributed by atoms with van der Waals surface area (Å²) in [5, 5.41) is 15.2. The van der Waals surface area contributed by atoms with Crippen molar-refractivity contribution in [1.29, 1.82) is 0 Å². The molecular formula is C19H32N4O2. The molecule has 3 N–H and O–H groups in total. The van der Waals surface area contributed by atoms with E-state index in [2.05, 4.69) is 46.5 Å². The summed E-state index contributed by atoms with van der Waals surface area (Å²) < 4.78 is 0. The number of nitrogens with zero attached hydrogens (tertiary/aromatic N) is 2. The van der Waals surface area contributed by atoms with E-state index in [-0.39, 0.29) is 24.7 Å². The zero-order chi connectivity index (χ0) is 18.1. The average molecular weight is 348 g/mol. The minimum Gasteiger partial charge on any atom is -0.396 e. The molecular weight excluding hydrogens is 316 g/mol. The highest BCUT2D eigenvalue weighted by molar-refractivity contribution is 5.74. The number of rotatable bonds is 8. The van der Waals surface area contributed by atoms with Gasteiger partial charge in [-0.05, 0) is 49.3 Å². The van der Waals surface area contributed by atoms with Crippen LogP contribution in [0.4, 0.5) is 4.79 Å². The summed E-state index contributed by atoms with van der Waals surface area (Å²) in [4.78, 5) is 18.7. The van der Waals surface area contributed by atoms with Gasteiger partial charge in [0.2, 0.25) is 0 Å². The first-order valence-electron chi connectivity index (χ1n) is 9.37. The lowest BCUT2D eigenvalue weighted by atomic mass is 10.0. The van der Waals surface area contributed by atoms with Crippen LogP contribution in [0.25, 0.3) is 0 Å². The summed E-state index contributed by atoms with van der Waals surface area (Å²) in [5.41, 5.74) is 1.32. The molecule has 1 aromatic heterocycles. The number of nitrogens with one attached hydrogen (secondary N) is 2. The van der Waals surface area contributed by atoms with Crippen LogP contribution in [0.1, 0.15) is 38.7 Å². The van der Waals surface area contributed by atoms with Gasteiger partial charge in [-0.15, -0.1) is 0 Å². The number of likely N-dealkylation sites (tertiary alicyclic amines) is 1. The van der Waals surface area contributed by atoms with Crippen molar-refractivity contribution < 1.29 is 9.90 Å². The van der Waals surface area contributed by atoms with Crippen molar-refractivity contribution in [1.82, 2.24) is 20.5 Å². The Hall–Kier alpha value is -1.66. The fraction of sp³-hybridized carbons (Fsp3) is 0.684. The maximum atomic E-state index is 12.2. The number of pyridine rings is 1. The SMILES string of the molecule is CC(C)C(CCO)NC(=O)NC1CCN(CCc2ccncc2)CC1. The van der Waals surface area contributed by atoms with E-state index in [9.17, 15) is 4.79 Å². The van der Waals surface area contributed by atoms with Gasteiger partial charge in [-0.1, -0.05) is 13.8 Å². The molecule has 0 aliphatic carbocycles. The smallest absolute Gasteiger partial charge is 0.315 e. The Bertz CT molecular complexity index is 501. The van der Waals surface area contributed by atoms with E-state index in [1.165, 1.54) is 5.56 Å². The topological polar surface area (TPSA) is 77.5 Å². The van der Waals surface area contributed by atoms with Crippen LogP contribution < -0.4 is 10.6 Å². The van der Waals surface area contributed by atoms with Crippen molar-refractivity contribution in [3.05, 3.63) is 30.1 Å². The minimum absolute atomic E-state index is 0.0189. The second-order valence-electron chi connectivity index (χ2n) is 7.20. The fourth-order valence-corrected chi connectivity index (χ4v) is 3.24. The molecule has 6 nitrogen and oxygen atoms in total. The van der Waals surface area contributed by atoms with Crippen LogP contribution in [-0.2, 0) is 6.42 Å². The lowest BCUT2D eigenvalue weighted by Crippen LogP contribution is -2.51. The van der Waals surface area contributed by atoms with Crippen molar-refractivity contribution in [3.63, 3.8) is 0 Å². The molecule has 0 spiro atoms. The summed E-state index contributed by atoms with van der Waals surface area (Å²) in [6.07, 6.45) is 7.28. The third-order valence-corrected chi connectivity index (χ3v) is 4.95. The maximum absolute atomic E-state index is 12.2. The lowest BCUT2D eigenvalue weighted by molar-refractivity contribution is 0.188. The first-order chi connectivity index (χ1) is 12.1. The maximum Gasteiger partial charge on any atom is 0.315 e. The van der Waals surface area contributed by atoms with Crippen molar-refractivity contribution in [2.24, 2.45) is 5.92 Å². The zero-order valence-electron chi connectivity index (χ0n) is 15.4. The number of carbonyl (C=O) groups is 1. The second kappa shape index (κ2) is 10.4. The molecule has 140 valence electrons. The third kappa shape index (κ3) is 7.00. The Kier molecular flexibility index (Phi) is 8.15. The van der Waals surface area contributed by atoms with Gasteiger partial charge in [-0.25, -0.2) is 4.79 Å². The summed E-state index contributed by atoms with van der Waals surface area (Å²) in [7, 11) is 0. The highest BCUT2D eigenvalue weighted by atomic mass is 16.3. The van der Waals surface area contributed by atoms with Crippen LogP contribution in [0.3, 0.4) is 0 Å². The van der Waals surface area contributed by atoms with Crippen LogP contribution in [0, 0.1) is 5.92 Å². The largest absolute Gasteiger partial charge is 0.396 e. The number of carbonyl (C=O) groups excluding carboxylic acids is 1. The van der Waals surface area contributed by atoms with Crippen molar-refractivity contribution in [3.8, 4) is 0 Å². The molecule has 0 bridgehead atoms. The number of aliphatic hydroxyl groups is 1. The first kappa shape index (κ1) is 19.7. The summed E-state index contributed by atoms with van der Waals surface area (Å²) in [6.45, 7) is 7.29. The van der Waals surface area contributed by atoms with Crippen LogP contribution in [0.15, 0.2) is 24.5 Å². The lowest BCUT2D eigenvalue weighted by Gasteiger charge is -2.33. The summed E-state index contributed by atoms with van der Waals surface area (Å²) >= 11 is 0. The van der Waals surface area contributed by atoms with E-state index < -0.39 is 0 Å². The molecule has 1 aromatic rings. The Morgan fingerprint density at radius 1 is 1.32 bits per heavy atom. The second-order valence-corrected chi connectivity index (χ2v) is 7.20. The van der Waals surface area contributed by atoms with Crippen molar-refractivity contribution >= 4 is 6.03 Å². The fourth-order valence-electron chi connectivity index (χ4n) is 3.24. The Balaban J connectivity index is 1.66. The number of piperidine rings is 1. The van der Waals surface area contributed by atoms with E-state index in [0.717, 1.165) is 38.9 Å². The van der Waals surface area contributed by atoms with Gasteiger partial charge >= 0.3 is 6.03 Å². The van der Waals surface area contributed by atoms with Crippen LogP contribution >= 0.6 is 0 Å². The molecule has 6 heteroatoms. The number of hydrogen-bond acceptors (Lipinski definition) is 4. The van der Waals surface area contributed by atoms with Crippen LogP contribution in [0.2, 0.25) is 0 Å². The molecule has 2 amide bonds. The van der Waals surface area contributed by atoms with E-state index in [0.29, 0.717) is 12.3 Å². The van der Waals surface area contributed by atoms with Crippen molar-refractivity contribution in [2.75, 3.05) is 26.2 Å². The molecule has 0 aromatic carbocycles. The molecule has 1 atom stereocenters. The Morgan fingerprint density at radius 3 is 2.60 bits per heavy atom. The monoisotopic (exact) mass is 348 g/mol. The number of urea groups is 1. The van der Waals surface area contributed by atoms with Gasteiger partial charge < -0.3 is 20.6 Å². The zero-order valence-corrected chi connectivity index (χ0v) is 15.4. The molecule has 2 rings (SSSR count). The molecule has 1 unspecified atom stereocenters. The molecule has 0 radical (unpaired) electrons. The van der Waals surface area contributed by atoms with E-state index in [4.69, 9.17) is 5.11 Å². The molecule has 0 saturated carbocycles. The van der Waals surface area contributed by atoms with Crippen molar-refractivity contribution in [2.45, 2.75) is 51.6 Å². The molecule has 1 aliphatic heterocycles. The predicted molar refractivity (Wildman–Crippen MR) is 99.4 cm³/mol. The molecule has 1 saturated heterocycles. The molecule has 2 heterocycles. The van der Waals surface area contributed by atoms with E-state index in [1.807, 2.05) is 12.4 Å². The summed E-state index contributed by atoms with van der Waals surface area (Å²) in [6, 6.07) is 4.28. The Labute approximate surface area is 151 Å². The van der Waals surface area contributed by atoms with E-state index in [1.54, 1.807) is 0 Å². The quantitative estimate of drug-likeness (QED) is 0.669. The number of hydrogen-bond donors (Lipinski definition) is 3. The van der Waals surface area contributed by atoms with Gasteiger partial charge in [0.25, 0.3) is 0 Å². The molecule has 1 aliphatic rings. The average Bonchev–Trinajstić information content (AvgIpc) is 2.61. The molecule has 1 fully saturated rings. The molecule has 25 heavy (non-hydrogen) atoms. The van der Waals surface area contributed by atoms with Crippen LogP contribution in [-0.4, -0.2) is 59.3 Å². The number of amides is 2. The minimum atomic E-state index is -0.109. The summed E-state index contributed by atoms with van der Waals surface area (Å²) in [5.74, 6) is 0.313. The van der Waals surface area contributed by atoms with Gasteiger partial charge in [0.15, 0.2) is 0 Å². The standard InChI is InChI=1S/C19H32N4O2/c1-15(2)18(8-14-24)22-19(25)21-17-6-12-23(13-7-17)11-5-16-3-9-20-10-4-16/h3-4,9-10,15,17-18,24H,5-8,11-14H2,1-2H3,(H2,21,22,25). The van der Waals surface area contributed by atoms with Gasteiger partial charge in [0.1, 0.15) is 0 Å². The highest BCUT2D eigenvalue weighted by Crippen LogP contribution is 2.12. The highest BCUT2D eigenvalue weighted by Gasteiger charge is 2.22. The normalized spacial score (nSPS) is 17.4. The van der Waals surface area contributed by atoms with Gasteiger partial charge in [-0.2, -0.15) is 0 Å². The first-order valence-corrected chi connectivity index (χ1v) is 9.37. The third-order valence-electron chi connectivity index (χ3n) is 4.95. The number of aromatic nitrogens is 1.